The van der Waals surface area contributed by atoms with Crippen LogP contribution < -0.4 is 10.1 Å². The molecular formula is C13H16N4O2. The van der Waals surface area contributed by atoms with Crippen molar-refractivity contribution in [2.24, 2.45) is 0 Å². The number of amides is 1. The number of aromatic nitrogens is 3. The summed E-state index contributed by atoms with van der Waals surface area (Å²) in [5.74, 6) is 0.947. The largest absolute Gasteiger partial charge is 0.481 e. The van der Waals surface area contributed by atoms with Crippen molar-refractivity contribution < 1.29 is 9.53 Å². The minimum Gasteiger partial charge on any atom is -0.481 e. The quantitative estimate of drug-likeness (QED) is 0.875. The van der Waals surface area contributed by atoms with Gasteiger partial charge in [-0.25, -0.2) is 9.97 Å². The van der Waals surface area contributed by atoms with Gasteiger partial charge in [-0.2, -0.15) is 0 Å². The zero-order valence-corrected chi connectivity index (χ0v) is 11.1. The average Bonchev–Trinajstić information content (AvgIpc) is 2.85. The van der Waals surface area contributed by atoms with Crippen molar-refractivity contribution in [3.8, 4) is 5.88 Å². The number of H-pyrrole nitrogens is 1. The van der Waals surface area contributed by atoms with Crippen molar-refractivity contribution in [1.82, 2.24) is 20.3 Å². The Morgan fingerprint density at radius 3 is 2.89 bits per heavy atom. The van der Waals surface area contributed by atoms with Crippen molar-refractivity contribution >= 4 is 5.91 Å². The predicted octanol–water partition coefficient (Wildman–Crippen LogP) is 1.61. The summed E-state index contributed by atoms with van der Waals surface area (Å²) in [5.41, 5.74) is 1.46. The number of ether oxygens (including phenoxy) is 1. The number of aryl methyl sites for hydroxylation is 1. The van der Waals surface area contributed by atoms with Crippen molar-refractivity contribution in [2.75, 3.05) is 7.11 Å². The lowest BCUT2D eigenvalue weighted by atomic mass is 10.2. The number of pyridine rings is 1. The van der Waals surface area contributed by atoms with E-state index in [4.69, 9.17) is 4.74 Å². The van der Waals surface area contributed by atoms with Gasteiger partial charge < -0.3 is 15.0 Å². The number of carbonyl (C=O) groups excluding carboxylic acids is 1. The van der Waals surface area contributed by atoms with Crippen molar-refractivity contribution in [2.45, 2.75) is 19.9 Å². The van der Waals surface area contributed by atoms with E-state index >= 15 is 0 Å². The standard InChI is InChI=1S/C13H16N4O2/c1-8-7-15-12(16-8)9(2)17-13(18)10-4-5-14-11(6-10)19-3/h4-7,9H,1-3H3,(H,15,16)(H,17,18)/t9-/m0/s1. The highest BCUT2D eigenvalue weighted by Crippen LogP contribution is 2.12. The molecule has 0 spiro atoms. The minimum atomic E-state index is -0.194. The first-order valence-electron chi connectivity index (χ1n) is 5.92. The first-order chi connectivity index (χ1) is 9.10. The van der Waals surface area contributed by atoms with E-state index in [1.807, 2.05) is 13.8 Å². The number of nitrogens with one attached hydrogen (secondary N) is 2. The maximum atomic E-state index is 12.1. The second-order valence-electron chi connectivity index (χ2n) is 4.23. The van der Waals surface area contributed by atoms with Crippen LogP contribution in [-0.4, -0.2) is 28.0 Å². The van der Waals surface area contributed by atoms with Gasteiger partial charge >= 0.3 is 0 Å². The molecule has 100 valence electrons. The first kappa shape index (κ1) is 13.1. The van der Waals surface area contributed by atoms with Crippen molar-refractivity contribution in [1.29, 1.82) is 0 Å². The smallest absolute Gasteiger partial charge is 0.252 e. The maximum absolute atomic E-state index is 12.1. The number of rotatable bonds is 4. The van der Waals surface area contributed by atoms with Gasteiger partial charge in [-0.05, 0) is 19.9 Å². The molecule has 1 amide bonds. The maximum Gasteiger partial charge on any atom is 0.252 e. The molecule has 0 fully saturated rings. The van der Waals surface area contributed by atoms with E-state index in [0.717, 1.165) is 11.5 Å². The molecule has 0 aliphatic rings. The molecule has 2 N–H and O–H groups in total. The van der Waals surface area contributed by atoms with Crippen LogP contribution in [0.25, 0.3) is 0 Å². The van der Waals surface area contributed by atoms with E-state index in [1.54, 1.807) is 18.3 Å². The Kier molecular flexibility index (Phi) is 3.79. The molecule has 19 heavy (non-hydrogen) atoms. The number of methoxy groups -OCH3 is 1. The van der Waals surface area contributed by atoms with E-state index in [0.29, 0.717) is 11.4 Å². The molecule has 0 aromatic carbocycles. The fourth-order valence-electron chi connectivity index (χ4n) is 1.66. The summed E-state index contributed by atoms with van der Waals surface area (Å²) >= 11 is 0. The Hall–Kier alpha value is -2.37. The topological polar surface area (TPSA) is 79.9 Å². The van der Waals surface area contributed by atoms with Crippen LogP contribution in [0.5, 0.6) is 5.88 Å². The number of aromatic amines is 1. The second kappa shape index (κ2) is 5.51. The molecule has 0 radical (unpaired) electrons. The molecule has 0 aliphatic carbocycles. The third-order valence-corrected chi connectivity index (χ3v) is 2.69. The molecule has 0 bridgehead atoms. The van der Waals surface area contributed by atoms with Gasteiger partial charge in [0, 0.05) is 29.7 Å². The highest BCUT2D eigenvalue weighted by molar-refractivity contribution is 5.94. The van der Waals surface area contributed by atoms with Crippen LogP contribution in [0.15, 0.2) is 24.5 Å². The highest BCUT2D eigenvalue weighted by atomic mass is 16.5. The lowest BCUT2D eigenvalue weighted by Gasteiger charge is -2.11. The lowest BCUT2D eigenvalue weighted by Crippen LogP contribution is -2.27. The lowest BCUT2D eigenvalue weighted by molar-refractivity contribution is 0.0938. The van der Waals surface area contributed by atoms with Crippen LogP contribution in [0.1, 0.15) is 34.8 Å². The van der Waals surface area contributed by atoms with Gasteiger partial charge in [0.25, 0.3) is 5.91 Å². The normalized spacial score (nSPS) is 11.9. The molecule has 2 heterocycles. The molecule has 0 saturated heterocycles. The third kappa shape index (κ3) is 3.09. The predicted molar refractivity (Wildman–Crippen MR) is 70.0 cm³/mol. The molecule has 2 aromatic rings. The fraction of sp³-hybridized carbons (Fsp3) is 0.308. The Morgan fingerprint density at radius 1 is 1.47 bits per heavy atom. The molecule has 0 unspecified atom stereocenters. The Balaban J connectivity index is 2.08. The molecular weight excluding hydrogens is 244 g/mol. The van der Waals surface area contributed by atoms with Gasteiger partial charge in [0.1, 0.15) is 5.82 Å². The molecule has 0 saturated carbocycles. The van der Waals surface area contributed by atoms with E-state index in [2.05, 4.69) is 20.3 Å². The summed E-state index contributed by atoms with van der Waals surface area (Å²) < 4.78 is 4.99. The number of imidazole rings is 1. The highest BCUT2D eigenvalue weighted by Gasteiger charge is 2.14. The summed E-state index contributed by atoms with van der Waals surface area (Å²) in [4.78, 5) is 23.3. The van der Waals surface area contributed by atoms with Gasteiger partial charge in [0.2, 0.25) is 5.88 Å². The van der Waals surface area contributed by atoms with Gasteiger partial charge in [-0.3, -0.25) is 4.79 Å². The summed E-state index contributed by atoms with van der Waals surface area (Å²) in [6.07, 6.45) is 3.27. The van der Waals surface area contributed by atoms with Crippen LogP contribution in [0.2, 0.25) is 0 Å². The number of hydrogen-bond donors (Lipinski definition) is 2. The van der Waals surface area contributed by atoms with Crippen LogP contribution >= 0.6 is 0 Å². The third-order valence-electron chi connectivity index (χ3n) is 2.69. The van der Waals surface area contributed by atoms with Crippen LogP contribution in [-0.2, 0) is 0 Å². The first-order valence-corrected chi connectivity index (χ1v) is 5.92. The minimum absolute atomic E-state index is 0.192. The van der Waals surface area contributed by atoms with E-state index in [1.165, 1.54) is 13.3 Å². The van der Waals surface area contributed by atoms with Crippen LogP contribution in [0, 0.1) is 6.92 Å². The number of nitrogens with zero attached hydrogens (tertiary/aromatic N) is 2. The van der Waals surface area contributed by atoms with Gasteiger partial charge in [-0.1, -0.05) is 0 Å². The van der Waals surface area contributed by atoms with Crippen molar-refractivity contribution in [3.63, 3.8) is 0 Å². The summed E-state index contributed by atoms with van der Waals surface area (Å²) in [6.45, 7) is 3.79. The second-order valence-corrected chi connectivity index (χ2v) is 4.23. The monoisotopic (exact) mass is 260 g/mol. The van der Waals surface area contributed by atoms with Gasteiger partial charge in [0.15, 0.2) is 0 Å². The van der Waals surface area contributed by atoms with E-state index in [-0.39, 0.29) is 11.9 Å². The molecule has 6 heteroatoms. The van der Waals surface area contributed by atoms with Crippen LogP contribution in [0.3, 0.4) is 0 Å². The number of hydrogen-bond acceptors (Lipinski definition) is 4. The summed E-state index contributed by atoms with van der Waals surface area (Å²) in [7, 11) is 1.51. The molecule has 2 rings (SSSR count). The zero-order valence-electron chi connectivity index (χ0n) is 11.1. The van der Waals surface area contributed by atoms with E-state index < -0.39 is 0 Å². The summed E-state index contributed by atoms with van der Waals surface area (Å²) in [6, 6.07) is 3.04. The van der Waals surface area contributed by atoms with Gasteiger partial charge in [0.05, 0.1) is 13.2 Å². The molecule has 6 nitrogen and oxygen atoms in total. The van der Waals surface area contributed by atoms with Gasteiger partial charge in [-0.15, -0.1) is 0 Å². The summed E-state index contributed by atoms with van der Waals surface area (Å²) in [5, 5.41) is 2.86. The Morgan fingerprint density at radius 2 is 2.26 bits per heavy atom. The van der Waals surface area contributed by atoms with E-state index in [9.17, 15) is 4.79 Å². The Bertz CT molecular complexity index is 580. The van der Waals surface area contributed by atoms with Crippen LogP contribution in [0.4, 0.5) is 0 Å². The Labute approximate surface area is 111 Å². The fourth-order valence-corrected chi connectivity index (χ4v) is 1.66. The molecule has 1 atom stereocenters. The van der Waals surface area contributed by atoms with Crippen molar-refractivity contribution in [3.05, 3.63) is 41.6 Å². The zero-order chi connectivity index (χ0) is 13.8. The SMILES string of the molecule is COc1cc(C(=O)N[C@@H](C)c2ncc(C)[nH]2)ccn1. The number of carbonyl (C=O) groups is 1. The average molecular weight is 260 g/mol. The molecule has 0 aliphatic heterocycles. The molecule has 2 aromatic heterocycles.